The molecule has 0 spiro atoms. The van der Waals surface area contributed by atoms with Crippen molar-refractivity contribution in [2.45, 2.75) is 39.2 Å². The second kappa shape index (κ2) is 7.86. The molecule has 0 unspecified atom stereocenters. The molecule has 0 fully saturated rings. The number of unbranched alkanes of at least 4 members (excludes halogenated alkanes) is 1. The van der Waals surface area contributed by atoms with Crippen LogP contribution in [0.25, 0.3) is 0 Å². The topological polar surface area (TPSA) is 20.3 Å². The Morgan fingerprint density at radius 1 is 1.50 bits per heavy atom. The van der Waals surface area contributed by atoms with E-state index >= 15 is 0 Å². The molecular weight excluding hydrogens is 198 g/mol. The molecule has 0 aromatic heterocycles. The second-order valence-electron chi connectivity index (χ2n) is 3.57. The average molecular weight is 218 g/mol. The van der Waals surface area contributed by atoms with Gasteiger partial charge in [0.1, 0.15) is 0 Å². The van der Waals surface area contributed by atoms with E-state index in [9.17, 15) is 4.79 Å². The Morgan fingerprint density at radius 2 is 2.14 bits per heavy atom. The molecule has 0 N–H and O–H groups in total. The maximum Gasteiger partial charge on any atom is 0.223 e. The monoisotopic (exact) mass is 217 g/mol. The van der Waals surface area contributed by atoms with Crippen molar-refractivity contribution in [2.24, 2.45) is 0 Å². The van der Waals surface area contributed by atoms with E-state index in [1.807, 2.05) is 18.7 Å². The lowest BCUT2D eigenvalue weighted by Crippen LogP contribution is -2.36. The molecule has 1 amide bonds. The highest BCUT2D eigenvalue weighted by molar-refractivity contribution is 6.17. The van der Waals surface area contributed by atoms with E-state index in [4.69, 9.17) is 11.6 Å². The minimum absolute atomic E-state index is 0.199. The fourth-order valence-corrected chi connectivity index (χ4v) is 1.44. The zero-order valence-corrected chi connectivity index (χ0v) is 9.89. The number of alkyl halides is 1. The van der Waals surface area contributed by atoms with Crippen LogP contribution in [0.2, 0.25) is 0 Å². The number of carbonyl (C=O) groups excluding carboxylic acids is 1. The van der Waals surface area contributed by atoms with E-state index in [-0.39, 0.29) is 11.9 Å². The molecule has 0 aromatic rings. The summed E-state index contributed by atoms with van der Waals surface area (Å²) in [4.78, 5) is 13.5. The summed E-state index contributed by atoms with van der Waals surface area (Å²) < 4.78 is 0. The molecule has 0 radical (unpaired) electrons. The van der Waals surface area contributed by atoms with Crippen molar-refractivity contribution in [3.05, 3.63) is 12.7 Å². The first-order chi connectivity index (χ1) is 6.63. The minimum Gasteiger partial charge on any atom is -0.337 e. The predicted molar refractivity (Wildman–Crippen MR) is 61.6 cm³/mol. The third kappa shape index (κ3) is 5.28. The van der Waals surface area contributed by atoms with Crippen molar-refractivity contribution in [3.8, 4) is 0 Å². The van der Waals surface area contributed by atoms with Crippen LogP contribution in [0.15, 0.2) is 12.7 Å². The summed E-state index contributed by atoms with van der Waals surface area (Å²) in [5.41, 5.74) is 0. The summed E-state index contributed by atoms with van der Waals surface area (Å²) in [7, 11) is 0. The Hall–Kier alpha value is -0.500. The molecule has 2 nitrogen and oxygen atoms in total. The molecule has 0 bridgehead atoms. The van der Waals surface area contributed by atoms with Crippen LogP contribution in [0, 0.1) is 0 Å². The summed E-state index contributed by atoms with van der Waals surface area (Å²) in [6.07, 6.45) is 4.15. The molecule has 0 aromatic carbocycles. The average Bonchev–Trinajstić information content (AvgIpc) is 2.13. The van der Waals surface area contributed by atoms with Gasteiger partial charge in [-0.05, 0) is 26.7 Å². The van der Waals surface area contributed by atoms with Crippen molar-refractivity contribution in [1.29, 1.82) is 0 Å². The first-order valence-electron chi connectivity index (χ1n) is 5.09. The van der Waals surface area contributed by atoms with Crippen LogP contribution in [0.3, 0.4) is 0 Å². The lowest BCUT2D eigenvalue weighted by molar-refractivity contribution is -0.132. The molecule has 0 rings (SSSR count). The Bertz CT molecular complexity index is 180. The number of halogens is 1. The van der Waals surface area contributed by atoms with Gasteiger partial charge in [-0.3, -0.25) is 4.79 Å². The van der Waals surface area contributed by atoms with Gasteiger partial charge in [0, 0.05) is 24.9 Å². The highest BCUT2D eigenvalue weighted by Gasteiger charge is 2.14. The second-order valence-corrected chi connectivity index (χ2v) is 3.95. The van der Waals surface area contributed by atoms with Gasteiger partial charge in [-0.25, -0.2) is 0 Å². The summed E-state index contributed by atoms with van der Waals surface area (Å²) >= 11 is 5.55. The number of nitrogens with zero attached hydrogens (tertiary/aromatic N) is 1. The third-order valence-corrected chi connectivity index (χ3v) is 2.31. The predicted octanol–water partition coefficient (Wildman–Crippen LogP) is 2.82. The van der Waals surface area contributed by atoms with E-state index in [0.717, 1.165) is 12.8 Å². The highest BCUT2D eigenvalue weighted by atomic mass is 35.5. The molecule has 3 heteroatoms. The minimum atomic E-state index is 0.199. The fourth-order valence-electron chi connectivity index (χ4n) is 1.25. The van der Waals surface area contributed by atoms with E-state index < -0.39 is 0 Å². The normalized spacial score (nSPS) is 10.3. The zero-order chi connectivity index (χ0) is 11.0. The van der Waals surface area contributed by atoms with Gasteiger partial charge >= 0.3 is 0 Å². The Kier molecular flexibility index (Phi) is 7.58. The van der Waals surface area contributed by atoms with Gasteiger partial charge in [0.05, 0.1) is 0 Å². The van der Waals surface area contributed by atoms with Gasteiger partial charge in [-0.2, -0.15) is 0 Å². The lowest BCUT2D eigenvalue weighted by Gasteiger charge is -2.25. The first-order valence-corrected chi connectivity index (χ1v) is 5.63. The summed E-state index contributed by atoms with van der Waals surface area (Å²) in [6.45, 7) is 8.32. The van der Waals surface area contributed by atoms with Gasteiger partial charge in [-0.1, -0.05) is 6.08 Å². The molecule has 0 saturated heterocycles. The van der Waals surface area contributed by atoms with E-state index in [1.54, 1.807) is 6.08 Å². The van der Waals surface area contributed by atoms with Crippen LogP contribution in [-0.2, 0) is 4.79 Å². The van der Waals surface area contributed by atoms with Crippen LogP contribution in [0.4, 0.5) is 0 Å². The van der Waals surface area contributed by atoms with Crippen LogP contribution >= 0.6 is 11.6 Å². The third-order valence-electron chi connectivity index (χ3n) is 2.04. The maximum absolute atomic E-state index is 11.7. The number of rotatable bonds is 7. The lowest BCUT2D eigenvalue weighted by atomic mass is 10.2. The maximum atomic E-state index is 11.7. The Balaban J connectivity index is 3.95. The van der Waals surface area contributed by atoms with Crippen molar-refractivity contribution < 1.29 is 4.79 Å². The molecule has 0 saturated carbocycles. The van der Waals surface area contributed by atoms with Crippen LogP contribution in [0.5, 0.6) is 0 Å². The molecule has 14 heavy (non-hydrogen) atoms. The first kappa shape index (κ1) is 13.5. The van der Waals surface area contributed by atoms with Gasteiger partial charge < -0.3 is 4.90 Å². The van der Waals surface area contributed by atoms with Gasteiger partial charge in [-0.15, -0.1) is 18.2 Å². The van der Waals surface area contributed by atoms with E-state index in [2.05, 4.69) is 6.58 Å². The number of amides is 1. The molecule has 82 valence electrons. The smallest absolute Gasteiger partial charge is 0.223 e. The molecule has 0 aliphatic rings. The molecule has 0 aliphatic heterocycles. The molecule has 0 heterocycles. The van der Waals surface area contributed by atoms with Crippen molar-refractivity contribution in [3.63, 3.8) is 0 Å². The van der Waals surface area contributed by atoms with Gasteiger partial charge in [0.2, 0.25) is 5.91 Å². The Labute approximate surface area is 91.9 Å². The van der Waals surface area contributed by atoms with Gasteiger partial charge in [0.15, 0.2) is 0 Å². The van der Waals surface area contributed by atoms with Crippen molar-refractivity contribution >= 4 is 17.5 Å². The van der Waals surface area contributed by atoms with Crippen molar-refractivity contribution in [2.75, 3.05) is 12.4 Å². The molecule has 0 atom stereocenters. The van der Waals surface area contributed by atoms with Crippen molar-refractivity contribution in [1.82, 2.24) is 4.90 Å². The SMILES string of the molecule is C=CCN(C(=O)CCCCCl)C(C)C. The number of carbonyl (C=O) groups is 1. The van der Waals surface area contributed by atoms with E-state index in [0.29, 0.717) is 18.8 Å². The number of hydrogen-bond acceptors (Lipinski definition) is 1. The van der Waals surface area contributed by atoms with Crippen LogP contribution < -0.4 is 0 Å². The quantitative estimate of drug-likeness (QED) is 0.365. The zero-order valence-electron chi connectivity index (χ0n) is 9.13. The molecule has 0 aliphatic carbocycles. The Morgan fingerprint density at radius 3 is 2.57 bits per heavy atom. The summed E-state index contributed by atoms with van der Waals surface area (Å²) in [5.74, 6) is 0.834. The summed E-state index contributed by atoms with van der Waals surface area (Å²) in [6, 6.07) is 0.247. The fraction of sp³-hybridized carbons (Fsp3) is 0.727. The standard InChI is InChI=1S/C11H20ClNO/c1-4-9-13(10(2)3)11(14)7-5-6-8-12/h4,10H,1,5-9H2,2-3H3. The van der Waals surface area contributed by atoms with Crippen LogP contribution in [0.1, 0.15) is 33.1 Å². The largest absolute Gasteiger partial charge is 0.337 e. The van der Waals surface area contributed by atoms with E-state index in [1.165, 1.54) is 0 Å². The van der Waals surface area contributed by atoms with Gasteiger partial charge in [0.25, 0.3) is 0 Å². The summed E-state index contributed by atoms with van der Waals surface area (Å²) in [5, 5.41) is 0. The highest BCUT2D eigenvalue weighted by Crippen LogP contribution is 2.05. The molecular formula is C11H20ClNO. The number of hydrogen-bond donors (Lipinski definition) is 0. The van der Waals surface area contributed by atoms with Crippen LogP contribution in [-0.4, -0.2) is 29.3 Å².